The summed E-state index contributed by atoms with van der Waals surface area (Å²) in [6.07, 6.45) is 0. The fourth-order valence-corrected chi connectivity index (χ4v) is 9.70. The van der Waals surface area contributed by atoms with Crippen molar-refractivity contribution in [3.8, 4) is 72.8 Å². The molecular weight excluding hydrogens is 723 g/mol. The van der Waals surface area contributed by atoms with Gasteiger partial charge in [0, 0.05) is 36.5 Å². The third kappa shape index (κ3) is 5.87. The smallest absolute Gasteiger partial charge is 0.143 e. The molecule has 2 nitrogen and oxygen atoms in total. The van der Waals surface area contributed by atoms with Crippen molar-refractivity contribution in [2.24, 2.45) is 0 Å². The monoisotopic (exact) mass is 755 g/mol. The molecule has 9 aromatic carbocycles. The summed E-state index contributed by atoms with van der Waals surface area (Å²) >= 11 is 1.84. The van der Waals surface area contributed by atoms with Crippen LogP contribution in [0.25, 0.3) is 109 Å². The topological polar surface area (TPSA) is 36.9 Å². The molecule has 0 radical (unpaired) electrons. The van der Waals surface area contributed by atoms with Gasteiger partial charge in [0.2, 0.25) is 0 Å². The summed E-state index contributed by atoms with van der Waals surface area (Å²) in [6, 6.07) is 73.3. The molecule has 2 aromatic heterocycles. The van der Waals surface area contributed by atoms with Crippen molar-refractivity contribution in [2.75, 3.05) is 0 Å². The highest BCUT2D eigenvalue weighted by molar-refractivity contribution is 7.26. The van der Waals surface area contributed by atoms with E-state index in [0.29, 0.717) is 5.56 Å². The van der Waals surface area contributed by atoms with Crippen LogP contribution in [0.1, 0.15) is 5.56 Å². The number of rotatable bonds is 6. The molecule has 270 valence electrons. The Morgan fingerprint density at radius 3 is 1.45 bits per heavy atom. The lowest BCUT2D eigenvalue weighted by Crippen LogP contribution is -1.88. The lowest BCUT2D eigenvalue weighted by atomic mass is 9.92. The molecule has 0 unspecified atom stereocenters. The molecule has 0 amide bonds. The van der Waals surface area contributed by atoms with E-state index in [1.54, 1.807) is 0 Å². The second kappa shape index (κ2) is 13.9. The summed E-state index contributed by atoms with van der Waals surface area (Å²) < 4.78 is 8.97. The number of nitriles is 1. The predicted molar refractivity (Wildman–Crippen MR) is 244 cm³/mol. The fourth-order valence-electron chi connectivity index (χ4n) is 8.46. The van der Waals surface area contributed by atoms with Gasteiger partial charge in [0.25, 0.3) is 0 Å². The molecule has 0 N–H and O–H groups in total. The van der Waals surface area contributed by atoms with E-state index in [9.17, 15) is 5.26 Å². The normalized spacial score (nSPS) is 11.4. The van der Waals surface area contributed by atoms with E-state index >= 15 is 0 Å². The largest absolute Gasteiger partial charge is 0.455 e. The minimum atomic E-state index is 0.634. The summed E-state index contributed by atoms with van der Waals surface area (Å²) in [5.74, 6) is 0. The van der Waals surface area contributed by atoms with Crippen LogP contribution in [-0.4, -0.2) is 0 Å². The number of hydrogen-bond donors (Lipinski definition) is 0. The number of para-hydroxylation sites is 2. The van der Waals surface area contributed by atoms with Crippen LogP contribution in [0.2, 0.25) is 0 Å². The van der Waals surface area contributed by atoms with Gasteiger partial charge in [0.05, 0.1) is 11.6 Å². The molecule has 2 heterocycles. The lowest BCUT2D eigenvalue weighted by molar-refractivity contribution is 0.670. The Labute approximate surface area is 340 Å². The summed E-state index contributed by atoms with van der Waals surface area (Å²) in [4.78, 5) is 0. The Balaban J connectivity index is 0.932. The van der Waals surface area contributed by atoms with Crippen molar-refractivity contribution in [1.29, 1.82) is 5.26 Å². The second-order valence-electron chi connectivity index (χ2n) is 14.8. The lowest BCUT2D eigenvalue weighted by Gasteiger charge is -2.12. The number of thiophene rings is 1. The summed E-state index contributed by atoms with van der Waals surface area (Å²) in [5, 5.41) is 15.0. The molecule has 0 saturated heterocycles. The molecular formula is C55H33NOS. The predicted octanol–water partition coefficient (Wildman–Crippen LogP) is 15.8. The van der Waals surface area contributed by atoms with Gasteiger partial charge in [0.15, 0.2) is 0 Å². The Morgan fingerprint density at radius 1 is 0.362 bits per heavy atom. The number of hydrogen-bond acceptors (Lipinski definition) is 3. The number of benzene rings is 9. The summed E-state index contributed by atoms with van der Waals surface area (Å²) in [6.45, 7) is 0. The third-order valence-electron chi connectivity index (χ3n) is 11.3. The molecule has 0 aliphatic rings. The maximum atomic E-state index is 10.2. The number of nitrogens with zero attached hydrogens (tertiary/aromatic N) is 1. The Morgan fingerprint density at radius 2 is 0.810 bits per heavy atom. The van der Waals surface area contributed by atoms with Gasteiger partial charge < -0.3 is 4.42 Å². The van der Waals surface area contributed by atoms with Crippen LogP contribution in [0.15, 0.2) is 205 Å². The molecule has 0 bridgehead atoms. The zero-order valence-corrected chi connectivity index (χ0v) is 32.1. The molecule has 58 heavy (non-hydrogen) atoms. The van der Waals surface area contributed by atoms with Crippen molar-refractivity contribution < 1.29 is 4.42 Å². The first-order valence-corrected chi connectivity index (χ1v) is 20.3. The van der Waals surface area contributed by atoms with Crippen LogP contribution in [-0.2, 0) is 0 Å². The van der Waals surface area contributed by atoms with E-state index in [0.717, 1.165) is 83.1 Å². The molecule has 11 rings (SSSR count). The maximum absolute atomic E-state index is 10.2. The number of furan rings is 1. The fraction of sp³-hybridized carbons (Fsp3) is 0. The molecule has 11 aromatic rings. The third-order valence-corrected chi connectivity index (χ3v) is 12.5. The molecule has 0 fully saturated rings. The Bertz CT molecular complexity index is 3430. The maximum Gasteiger partial charge on any atom is 0.143 e. The van der Waals surface area contributed by atoms with Gasteiger partial charge in [-0.3, -0.25) is 0 Å². The summed E-state index contributed by atoms with van der Waals surface area (Å²) in [5.41, 5.74) is 15.7. The minimum Gasteiger partial charge on any atom is -0.455 e. The van der Waals surface area contributed by atoms with Crippen LogP contribution >= 0.6 is 11.3 Å². The first-order chi connectivity index (χ1) is 28.7. The highest BCUT2D eigenvalue weighted by Gasteiger charge is 2.15. The molecule has 3 heteroatoms. The highest BCUT2D eigenvalue weighted by atomic mass is 32.1. The average molecular weight is 756 g/mol. The molecule has 0 spiro atoms. The van der Waals surface area contributed by atoms with Gasteiger partial charge in [-0.05, 0) is 116 Å². The van der Waals surface area contributed by atoms with Gasteiger partial charge in [-0.15, -0.1) is 11.3 Å². The van der Waals surface area contributed by atoms with Crippen LogP contribution in [0.5, 0.6) is 0 Å². The first-order valence-electron chi connectivity index (χ1n) is 19.5. The highest BCUT2D eigenvalue weighted by Crippen LogP contribution is 2.42. The molecule has 0 saturated carbocycles. The van der Waals surface area contributed by atoms with Crippen molar-refractivity contribution in [3.63, 3.8) is 0 Å². The van der Waals surface area contributed by atoms with Crippen LogP contribution in [0, 0.1) is 11.3 Å². The van der Waals surface area contributed by atoms with Crippen molar-refractivity contribution in [1.82, 2.24) is 0 Å². The molecule has 0 aliphatic heterocycles. The van der Waals surface area contributed by atoms with E-state index in [2.05, 4.69) is 182 Å². The van der Waals surface area contributed by atoms with E-state index in [4.69, 9.17) is 4.42 Å². The zero-order chi connectivity index (χ0) is 38.6. The molecule has 0 aliphatic carbocycles. The van der Waals surface area contributed by atoms with E-state index in [1.807, 2.05) is 35.6 Å². The SMILES string of the molecule is N#Cc1cc(-c2cccc(-c3cccc(-c4cccc(-c5cccc6c5oc5ccccc56)c4)c3)c2)cc(-c2cccc(-c3cccc4c3sc3ccccc34)c2)c1. The van der Waals surface area contributed by atoms with E-state index in [1.165, 1.54) is 25.7 Å². The Hall–Kier alpha value is -7.51. The minimum absolute atomic E-state index is 0.634. The second-order valence-corrected chi connectivity index (χ2v) is 15.8. The molecule has 0 atom stereocenters. The van der Waals surface area contributed by atoms with Gasteiger partial charge in [-0.1, -0.05) is 146 Å². The van der Waals surface area contributed by atoms with Crippen LogP contribution < -0.4 is 0 Å². The Kier molecular flexibility index (Phi) is 8.10. The van der Waals surface area contributed by atoms with Gasteiger partial charge in [-0.25, -0.2) is 0 Å². The van der Waals surface area contributed by atoms with E-state index in [-0.39, 0.29) is 0 Å². The standard InChI is InChI=1S/C55H33NOS/c56-34-35-27-44(33-45(28-35)41-16-8-18-43(32-41)47-22-10-24-51-49-20-2-4-26-53(49)58-55(47)51)40-15-6-13-38(30-40)36-11-5-12-37(29-36)39-14-7-17-42(31-39)46-21-9-23-50-48-19-1-3-25-52(48)57-54(46)50/h1-33H. The zero-order valence-electron chi connectivity index (χ0n) is 31.3. The van der Waals surface area contributed by atoms with Crippen molar-refractivity contribution >= 4 is 53.4 Å². The van der Waals surface area contributed by atoms with Crippen molar-refractivity contribution in [3.05, 3.63) is 206 Å². The van der Waals surface area contributed by atoms with Gasteiger partial charge in [-0.2, -0.15) is 5.26 Å². The number of fused-ring (bicyclic) bond motifs is 6. The van der Waals surface area contributed by atoms with E-state index < -0.39 is 0 Å². The quantitative estimate of drug-likeness (QED) is 0.169. The van der Waals surface area contributed by atoms with Crippen LogP contribution in [0.4, 0.5) is 0 Å². The van der Waals surface area contributed by atoms with Gasteiger partial charge in [0.1, 0.15) is 11.2 Å². The van der Waals surface area contributed by atoms with Crippen molar-refractivity contribution in [2.45, 2.75) is 0 Å². The first kappa shape index (κ1) is 33.8. The van der Waals surface area contributed by atoms with Gasteiger partial charge >= 0.3 is 0 Å². The average Bonchev–Trinajstić information content (AvgIpc) is 3.88. The summed E-state index contributed by atoms with van der Waals surface area (Å²) in [7, 11) is 0. The van der Waals surface area contributed by atoms with Crippen LogP contribution in [0.3, 0.4) is 0 Å².